The Balaban J connectivity index is 1.75. The summed E-state index contributed by atoms with van der Waals surface area (Å²) in [6, 6.07) is 21.1. The van der Waals surface area contributed by atoms with Crippen molar-refractivity contribution in [1.82, 2.24) is 0 Å². The monoisotopic (exact) mass is 470 g/mol. The Labute approximate surface area is 193 Å². The highest BCUT2D eigenvalue weighted by Crippen LogP contribution is 2.39. The molecule has 0 saturated carbocycles. The van der Waals surface area contributed by atoms with Gasteiger partial charge in [0, 0.05) is 16.6 Å². The average molecular weight is 471 g/mol. The molecule has 0 unspecified atom stereocenters. The van der Waals surface area contributed by atoms with Gasteiger partial charge in [-0.1, -0.05) is 59.2 Å². The van der Waals surface area contributed by atoms with E-state index in [-0.39, 0.29) is 15.6 Å². The molecule has 1 aliphatic heterocycles. The summed E-state index contributed by atoms with van der Waals surface area (Å²) >= 11 is 13.3. The Hall–Kier alpha value is -2.93. The molecule has 0 fully saturated rings. The van der Waals surface area contributed by atoms with E-state index >= 15 is 0 Å². The van der Waals surface area contributed by atoms with Crippen LogP contribution in [0.25, 0.3) is 0 Å². The molecule has 0 spiro atoms. The van der Waals surface area contributed by atoms with Gasteiger partial charge in [-0.15, -0.1) is 0 Å². The predicted octanol–water partition coefficient (Wildman–Crippen LogP) is 5.99. The fourth-order valence-corrected chi connectivity index (χ4v) is 4.26. The molecule has 3 aromatic rings. The predicted molar refractivity (Wildman–Crippen MR) is 125 cm³/mol. The van der Waals surface area contributed by atoms with Crippen LogP contribution in [0, 0.1) is 0 Å². The number of hydrogen-bond donors (Lipinski definition) is 1. The number of ether oxygens (including phenoxy) is 1. The van der Waals surface area contributed by atoms with Gasteiger partial charge in [0.15, 0.2) is 0 Å². The topological polar surface area (TPSA) is 58.6 Å². The minimum atomic E-state index is -0.482. The number of nitrogens with one attached hydrogen (secondary N) is 1. The van der Waals surface area contributed by atoms with Gasteiger partial charge in [0.05, 0.1) is 22.8 Å². The molecule has 1 N–H and O–H groups in total. The summed E-state index contributed by atoms with van der Waals surface area (Å²) in [6.07, 6.45) is 0. The van der Waals surface area contributed by atoms with Crippen LogP contribution in [0.3, 0.4) is 0 Å². The van der Waals surface area contributed by atoms with Crippen LogP contribution in [0.5, 0.6) is 5.75 Å². The number of hydrogen-bond acceptors (Lipinski definition) is 5. The number of rotatable bonds is 6. The fraction of sp³-hybridized carbons (Fsp3) is 0.0435. The first-order chi connectivity index (χ1) is 15.0. The van der Waals surface area contributed by atoms with Gasteiger partial charge >= 0.3 is 0 Å². The highest BCUT2D eigenvalue weighted by Gasteiger charge is 2.40. The molecule has 0 bridgehead atoms. The third-order valence-corrected chi connectivity index (χ3v) is 6.33. The molecule has 31 heavy (non-hydrogen) atoms. The van der Waals surface area contributed by atoms with Crippen LogP contribution in [0.1, 0.15) is 0 Å². The van der Waals surface area contributed by atoms with Gasteiger partial charge in [0.1, 0.15) is 16.4 Å². The van der Waals surface area contributed by atoms with Gasteiger partial charge in [-0.25, -0.2) is 4.90 Å². The van der Waals surface area contributed by atoms with Crippen molar-refractivity contribution in [3.8, 4) is 5.75 Å². The summed E-state index contributed by atoms with van der Waals surface area (Å²) in [7, 11) is 1.56. The van der Waals surface area contributed by atoms with Crippen LogP contribution in [-0.2, 0) is 9.59 Å². The summed E-state index contributed by atoms with van der Waals surface area (Å²) in [5.41, 5.74) is 1.15. The largest absolute Gasteiger partial charge is 0.497 e. The Morgan fingerprint density at radius 3 is 2.35 bits per heavy atom. The van der Waals surface area contributed by atoms with E-state index in [9.17, 15) is 9.59 Å². The second kappa shape index (κ2) is 9.06. The van der Waals surface area contributed by atoms with Crippen LogP contribution in [0.15, 0.2) is 88.3 Å². The smallest absolute Gasteiger partial charge is 0.283 e. The van der Waals surface area contributed by atoms with E-state index < -0.39 is 11.8 Å². The molecule has 1 aliphatic rings. The molecule has 2 amide bonds. The van der Waals surface area contributed by atoms with E-state index in [0.29, 0.717) is 22.1 Å². The SMILES string of the molecule is COc1cccc(NC2=C(Sc3ccccc3)C(=O)N(c3ccc(Cl)c(Cl)c3)C2=O)c1. The molecule has 0 radical (unpaired) electrons. The lowest BCUT2D eigenvalue weighted by atomic mass is 10.2. The number of nitrogens with zero attached hydrogens (tertiary/aromatic N) is 1. The molecule has 3 aromatic carbocycles. The minimum Gasteiger partial charge on any atom is -0.497 e. The lowest BCUT2D eigenvalue weighted by Gasteiger charge is -2.16. The zero-order valence-corrected chi connectivity index (χ0v) is 18.6. The third-order valence-electron chi connectivity index (χ3n) is 4.50. The van der Waals surface area contributed by atoms with Crippen molar-refractivity contribution in [2.75, 3.05) is 17.3 Å². The lowest BCUT2D eigenvalue weighted by Crippen LogP contribution is -2.32. The van der Waals surface area contributed by atoms with Gasteiger partial charge in [0.25, 0.3) is 11.8 Å². The van der Waals surface area contributed by atoms with E-state index in [4.69, 9.17) is 27.9 Å². The first-order valence-electron chi connectivity index (χ1n) is 9.20. The second-order valence-electron chi connectivity index (χ2n) is 6.52. The zero-order chi connectivity index (χ0) is 22.0. The van der Waals surface area contributed by atoms with Crippen LogP contribution < -0.4 is 15.0 Å². The van der Waals surface area contributed by atoms with Crippen LogP contribution in [0.4, 0.5) is 11.4 Å². The van der Waals surface area contributed by atoms with Gasteiger partial charge in [-0.2, -0.15) is 0 Å². The quantitative estimate of drug-likeness (QED) is 0.448. The average Bonchev–Trinajstić information content (AvgIpc) is 3.00. The van der Waals surface area contributed by atoms with E-state index in [2.05, 4.69) is 5.32 Å². The standard InChI is InChI=1S/C23H16Cl2N2O3S/c1-30-16-7-5-6-14(12-16)26-20-21(31-17-8-3-2-4-9-17)23(29)27(22(20)28)15-10-11-18(24)19(25)13-15/h2-13,26H,1H3. The van der Waals surface area contributed by atoms with Crippen LogP contribution in [0.2, 0.25) is 10.0 Å². The number of benzene rings is 3. The summed E-state index contributed by atoms with van der Waals surface area (Å²) in [6.45, 7) is 0. The number of imide groups is 1. The summed E-state index contributed by atoms with van der Waals surface area (Å²) < 4.78 is 5.25. The number of halogens is 2. The van der Waals surface area contributed by atoms with Crippen LogP contribution >= 0.6 is 35.0 Å². The molecule has 0 aliphatic carbocycles. The first kappa shape index (κ1) is 21.3. The molecule has 4 rings (SSSR count). The highest BCUT2D eigenvalue weighted by atomic mass is 35.5. The van der Waals surface area contributed by atoms with Gasteiger partial charge in [-0.05, 0) is 42.5 Å². The maximum atomic E-state index is 13.3. The van der Waals surface area contributed by atoms with Gasteiger partial charge in [0.2, 0.25) is 0 Å². The van der Waals surface area contributed by atoms with Gasteiger partial charge < -0.3 is 10.1 Å². The van der Waals surface area contributed by atoms with E-state index in [0.717, 1.165) is 9.80 Å². The second-order valence-corrected chi connectivity index (χ2v) is 8.42. The minimum absolute atomic E-state index is 0.179. The summed E-state index contributed by atoms with van der Waals surface area (Å²) in [5.74, 6) is -0.298. The fourth-order valence-electron chi connectivity index (χ4n) is 3.02. The Morgan fingerprint density at radius 2 is 1.65 bits per heavy atom. The maximum Gasteiger partial charge on any atom is 0.283 e. The van der Waals surface area contributed by atoms with Crippen molar-refractivity contribution in [3.63, 3.8) is 0 Å². The number of thioether (sulfide) groups is 1. The normalized spacial score (nSPS) is 13.7. The zero-order valence-electron chi connectivity index (χ0n) is 16.3. The Morgan fingerprint density at radius 1 is 0.871 bits per heavy atom. The Kier molecular flexibility index (Phi) is 6.23. The van der Waals surface area contributed by atoms with Crippen LogP contribution in [-0.4, -0.2) is 18.9 Å². The number of carbonyl (C=O) groups is 2. The summed E-state index contributed by atoms with van der Waals surface area (Å²) in [5, 5.41) is 3.69. The lowest BCUT2D eigenvalue weighted by molar-refractivity contribution is -0.120. The van der Waals surface area contributed by atoms with E-state index in [1.165, 1.54) is 17.8 Å². The molecule has 0 atom stereocenters. The molecule has 0 aromatic heterocycles. The molecular formula is C23H16Cl2N2O3S. The van der Waals surface area contributed by atoms with Crippen molar-refractivity contribution in [3.05, 3.63) is 93.4 Å². The molecule has 1 heterocycles. The van der Waals surface area contributed by atoms with Crippen molar-refractivity contribution in [1.29, 1.82) is 0 Å². The van der Waals surface area contributed by atoms with E-state index in [1.807, 2.05) is 30.3 Å². The van der Waals surface area contributed by atoms with E-state index in [1.54, 1.807) is 43.5 Å². The summed E-state index contributed by atoms with van der Waals surface area (Å²) in [4.78, 5) is 28.9. The highest BCUT2D eigenvalue weighted by molar-refractivity contribution is 8.04. The number of carbonyl (C=O) groups excluding carboxylic acids is 2. The van der Waals surface area contributed by atoms with Crippen molar-refractivity contribution < 1.29 is 14.3 Å². The number of methoxy groups -OCH3 is 1. The van der Waals surface area contributed by atoms with Crippen molar-refractivity contribution in [2.45, 2.75) is 4.90 Å². The molecule has 156 valence electrons. The maximum absolute atomic E-state index is 13.3. The third kappa shape index (κ3) is 4.42. The number of anilines is 2. The molecular weight excluding hydrogens is 455 g/mol. The van der Waals surface area contributed by atoms with Gasteiger partial charge in [-0.3, -0.25) is 9.59 Å². The molecule has 5 nitrogen and oxygen atoms in total. The van der Waals surface area contributed by atoms with Crippen molar-refractivity contribution >= 4 is 58.2 Å². The first-order valence-corrected chi connectivity index (χ1v) is 10.8. The van der Waals surface area contributed by atoms with Crippen molar-refractivity contribution in [2.24, 2.45) is 0 Å². The molecule has 0 saturated heterocycles. The Bertz CT molecular complexity index is 1200. The molecule has 8 heteroatoms. The number of amides is 2.